The number of carboxylic acid groups (broad SMARTS) is 1. The number of amides is 2. The number of carbonyl (C=O) groups excluding carboxylic acids is 1. The van der Waals surface area contributed by atoms with Crippen molar-refractivity contribution in [2.45, 2.75) is 25.4 Å². The van der Waals surface area contributed by atoms with Gasteiger partial charge in [-0.15, -0.1) is 0 Å². The molecule has 1 atom stereocenters. The highest BCUT2D eigenvalue weighted by Gasteiger charge is 2.30. The van der Waals surface area contributed by atoms with Crippen molar-refractivity contribution in [1.29, 1.82) is 0 Å². The summed E-state index contributed by atoms with van der Waals surface area (Å²) in [6.07, 6.45) is 1.82. The molecule has 18 heavy (non-hydrogen) atoms. The normalized spacial score (nSPS) is 14.1. The molecular formula is C11H23N3O4. The summed E-state index contributed by atoms with van der Waals surface area (Å²) >= 11 is 0. The van der Waals surface area contributed by atoms with Crippen LogP contribution in [0.15, 0.2) is 0 Å². The topological polar surface area (TPSA) is 102 Å². The third kappa shape index (κ3) is 7.86. The summed E-state index contributed by atoms with van der Waals surface area (Å²) in [7, 11) is 3.96. The Balaban J connectivity index is 3.64. The number of rotatable bonds is 8. The highest BCUT2D eigenvalue weighted by atomic mass is 16.4. The van der Waals surface area contributed by atoms with E-state index in [0.29, 0.717) is 6.54 Å². The van der Waals surface area contributed by atoms with E-state index in [-0.39, 0.29) is 6.54 Å². The van der Waals surface area contributed by atoms with Gasteiger partial charge in [0.15, 0.2) is 5.60 Å². The van der Waals surface area contributed by atoms with Gasteiger partial charge in [0, 0.05) is 6.54 Å². The summed E-state index contributed by atoms with van der Waals surface area (Å²) in [5.41, 5.74) is -1.94. The molecule has 0 radical (unpaired) electrons. The van der Waals surface area contributed by atoms with Gasteiger partial charge in [0.05, 0.1) is 6.54 Å². The van der Waals surface area contributed by atoms with Crippen LogP contribution in [0, 0.1) is 0 Å². The summed E-state index contributed by atoms with van der Waals surface area (Å²) in [6, 6.07) is -0.471. The molecule has 4 N–H and O–H groups in total. The zero-order valence-electron chi connectivity index (χ0n) is 11.2. The number of carboxylic acids is 1. The Kier molecular flexibility index (Phi) is 7.30. The summed E-state index contributed by atoms with van der Waals surface area (Å²) < 4.78 is 0. The lowest BCUT2D eigenvalue weighted by Crippen LogP contribution is -2.49. The largest absolute Gasteiger partial charge is 0.479 e. The highest BCUT2D eigenvalue weighted by Crippen LogP contribution is 2.00. The summed E-state index contributed by atoms with van der Waals surface area (Å²) in [4.78, 5) is 23.9. The molecule has 0 aromatic heterocycles. The number of urea groups is 1. The first-order valence-corrected chi connectivity index (χ1v) is 5.88. The molecule has 0 bridgehead atoms. The maximum absolute atomic E-state index is 11.3. The molecule has 0 spiro atoms. The Bertz CT molecular complexity index is 279. The summed E-state index contributed by atoms with van der Waals surface area (Å²) in [5.74, 6) is -1.37. The van der Waals surface area contributed by atoms with E-state index in [0.717, 1.165) is 26.3 Å². The van der Waals surface area contributed by atoms with Crippen molar-refractivity contribution in [1.82, 2.24) is 15.5 Å². The van der Waals surface area contributed by atoms with Gasteiger partial charge in [0.1, 0.15) is 0 Å². The molecule has 7 nitrogen and oxygen atoms in total. The molecule has 0 aromatic rings. The van der Waals surface area contributed by atoms with Crippen LogP contribution < -0.4 is 10.6 Å². The highest BCUT2D eigenvalue weighted by molar-refractivity contribution is 5.79. The maximum atomic E-state index is 11.3. The Labute approximate surface area is 107 Å². The van der Waals surface area contributed by atoms with E-state index in [1.165, 1.54) is 0 Å². The van der Waals surface area contributed by atoms with E-state index in [4.69, 9.17) is 5.11 Å². The van der Waals surface area contributed by atoms with E-state index in [1.54, 1.807) is 0 Å². The van der Waals surface area contributed by atoms with Crippen LogP contribution in [0.4, 0.5) is 4.79 Å². The fourth-order valence-corrected chi connectivity index (χ4v) is 1.15. The van der Waals surface area contributed by atoms with Crippen LogP contribution in [-0.2, 0) is 4.79 Å². The van der Waals surface area contributed by atoms with Crippen LogP contribution in [0.25, 0.3) is 0 Å². The van der Waals surface area contributed by atoms with Gasteiger partial charge in [0.2, 0.25) is 0 Å². The number of hydrogen-bond acceptors (Lipinski definition) is 4. The molecule has 0 heterocycles. The maximum Gasteiger partial charge on any atom is 0.337 e. The molecule has 2 amide bonds. The second kappa shape index (κ2) is 7.88. The third-order valence-corrected chi connectivity index (χ3v) is 2.37. The third-order valence-electron chi connectivity index (χ3n) is 2.37. The van der Waals surface area contributed by atoms with Crippen LogP contribution in [-0.4, -0.2) is 66.4 Å². The average molecular weight is 261 g/mol. The molecule has 0 aliphatic rings. The van der Waals surface area contributed by atoms with Crippen molar-refractivity contribution < 1.29 is 19.8 Å². The quantitative estimate of drug-likeness (QED) is 0.440. The molecule has 0 saturated carbocycles. The number of unbranched alkanes of at least 4 members (excludes halogenated alkanes) is 1. The minimum Gasteiger partial charge on any atom is -0.479 e. The lowest BCUT2D eigenvalue weighted by molar-refractivity contribution is -0.155. The monoisotopic (exact) mass is 261 g/mol. The van der Waals surface area contributed by atoms with Gasteiger partial charge < -0.3 is 25.7 Å². The number of carbonyl (C=O) groups is 2. The van der Waals surface area contributed by atoms with Crippen molar-refractivity contribution in [3.8, 4) is 0 Å². The van der Waals surface area contributed by atoms with Gasteiger partial charge in [-0.2, -0.15) is 0 Å². The van der Waals surface area contributed by atoms with Crippen LogP contribution >= 0.6 is 0 Å². The molecule has 1 unspecified atom stereocenters. The predicted octanol–water partition coefficient (Wildman–Crippen LogP) is -0.537. The van der Waals surface area contributed by atoms with Crippen molar-refractivity contribution in [2.24, 2.45) is 0 Å². The van der Waals surface area contributed by atoms with Crippen LogP contribution in [0.5, 0.6) is 0 Å². The number of aliphatic hydroxyl groups is 1. The van der Waals surface area contributed by atoms with Crippen LogP contribution in [0.2, 0.25) is 0 Å². The molecule has 0 fully saturated rings. The first kappa shape index (κ1) is 16.7. The number of nitrogens with zero attached hydrogens (tertiary/aromatic N) is 1. The Morgan fingerprint density at radius 3 is 2.33 bits per heavy atom. The summed E-state index contributed by atoms with van der Waals surface area (Å²) in [5, 5.41) is 22.9. The van der Waals surface area contributed by atoms with Crippen LogP contribution in [0.1, 0.15) is 19.8 Å². The van der Waals surface area contributed by atoms with Crippen molar-refractivity contribution in [3.63, 3.8) is 0 Å². The van der Waals surface area contributed by atoms with E-state index >= 15 is 0 Å². The predicted molar refractivity (Wildman–Crippen MR) is 67.4 cm³/mol. The van der Waals surface area contributed by atoms with E-state index in [9.17, 15) is 14.7 Å². The molecule has 106 valence electrons. The number of hydrogen-bond donors (Lipinski definition) is 4. The smallest absolute Gasteiger partial charge is 0.337 e. The molecule has 0 aliphatic heterocycles. The number of nitrogens with one attached hydrogen (secondary N) is 2. The Hall–Kier alpha value is -1.34. The van der Waals surface area contributed by atoms with Gasteiger partial charge >= 0.3 is 12.0 Å². The molecular weight excluding hydrogens is 238 g/mol. The van der Waals surface area contributed by atoms with Crippen LogP contribution in [0.3, 0.4) is 0 Å². The van der Waals surface area contributed by atoms with Gasteiger partial charge in [-0.05, 0) is 40.4 Å². The van der Waals surface area contributed by atoms with Gasteiger partial charge in [0.25, 0.3) is 0 Å². The minimum absolute atomic E-state index is 0.328. The van der Waals surface area contributed by atoms with E-state index in [1.807, 2.05) is 14.1 Å². The lowest BCUT2D eigenvalue weighted by Gasteiger charge is -2.18. The molecule has 0 aromatic carbocycles. The molecule has 0 saturated heterocycles. The fraction of sp³-hybridized carbons (Fsp3) is 0.818. The molecule has 0 aliphatic carbocycles. The van der Waals surface area contributed by atoms with Gasteiger partial charge in [-0.1, -0.05) is 0 Å². The zero-order chi connectivity index (χ0) is 14.2. The Morgan fingerprint density at radius 2 is 1.83 bits per heavy atom. The average Bonchev–Trinajstić information content (AvgIpc) is 2.25. The van der Waals surface area contributed by atoms with Crippen molar-refractivity contribution >= 4 is 12.0 Å². The first-order valence-electron chi connectivity index (χ1n) is 5.88. The lowest BCUT2D eigenvalue weighted by atomic mass is 10.1. The fourth-order valence-electron chi connectivity index (χ4n) is 1.15. The van der Waals surface area contributed by atoms with E-state index < -0.39 is 17.6 Å². The zero-order valence-corrected chi connectivity index (χ0v) is 11.2. The standard InChI is InChI=1S/C11H23N3O4/c1-11(18,9(15)16)8-13-10(17)12-6-4-5-7-14(2)3/h18H,4-8H2,1-3H3,(H,15,16)(H2,12,13,17). The van der Waals surface area contributed by atoms with Gasteiger partial charge in [-0.3, -0.25) is 0 Å². The summed E-state index contributed by atoms with van der Waals surface area (Å²) in [6.45, 7) is 2.28. The first-order chi connectivity index (χ1) is 8.25. The molecule has 7 heteroatoms. The van der Waals surface area contributed by atoms with E-state index in [2.05, 4.69) is 15.5 Å². The number of aliphatic carboxylic acids is 1. The van der Waals surface area contributed by atoms with Gasteiger partial charge in [-0.25, -0.2) is 9.59 Å². The van der Waals surface area contributed by atoms with Crippen molar-refractivity contribution in [2.75, 3.05) is 33.7 Å². The van der Waals surface area contributed by atoms with Crippen molar-refractivity contribution in [3.05, 3.63) is 0 Å². The minimum atomic E-state index is -1.94. The second-order valence-corrected chi connectivity index (χ2v) is 4.70. The Morgan fingerprint density at radius 1 is 1.22 bits per heavy atom. The second-order valence-electron chi connectivity index (χ2n) is 4.70. The molecule has 0 rings (SSSR count). The SMILES string of the molecule is CN(C)CCCCNC(=O)NCC(C)(O)C(=O)O.